The van der Waals surface area contributed by atoms with E-state index >= 15 is 0 Å². The van der Waals surface area contributed by atoms with Gasteiger partial charge in [-0.05, 0) is 36.6 Å². The van der Waals surface area contributed by atoms with Gasteiger partial charge in [0, 0.05) is 5.02 Å². The second-order valence-electron chi connectivity index (χ2n) is 3.17. The van der Waals surface area contributed by atoms with Gasteiger partial charge in [0.25, 0.3) is 0 Å². The van der Waals surface area contributed by atoms with E-state index in [1.807, 2.05) is 6.92 Å². The summed E-state index contributed by atoms with van der Waals surface area (Å²) in [6, 6.07) is 6.56. The highest BCUT2D eigenvalue weighted by molar-refractivity contribution is 6.30. The van der Waals surface area contributed by atoms with Crippen LogP contribution in [-0.4, -0.2) is 0 Å². The van der Waals surface area contributed by atoms with Crippen molar-refractivity contribution in [3.8, 4) is 6.07 Å². The van der Waals surface area contributed by atoms with Gasteiger partial charge in [-0.25, -0.2) is 4.39 Å². The molecule has 0 aliphatic rings. The molecule has 0 radical (unpaired) electrons. The number of rotatable bonds is 3. The van der Waals surface area contributed by atoms with Gasteiger partial charge in [0.15, 0.2) is 0 Å². The Morgan fingerprint density at radius 1 is 1.57 bits per heavy atom. The lowest BCUT2D eigenvalue weighted by Crippen LogP contribution is -2.02. The maximum atomic E-state index is 13.2. The molecule has 0 aromatic heterocycles. The molecule has 0 fully saturated rings. The Balaban J connectivity index is 2.86. The maximum absolute atomic E-state index is 13.2. The van der Waals surface area contributed by atoms with Crippen LogP contribution in [0.15, 0.2) is 18.2 Å². The van der Waals surface area contributed by atoms with Crippen LogP contribution >= 0.6 is 11.6 Å². The number of nitriles is 1. The smallest absolute Gasteiger partial charge is 0.126 e. The number of nitrogens with zero attached hydrogens (tertiary/aromatic N) is 1. The summed E-state index contributed by atoms with van der Waals surface area (Å²) < 4.78 is 13.2. The average Bonchev–Trinajstić information content (AvgIpc) is 2.19. The Bertz CT molecular complexity index is 357. The van der Waals surface area contributed by atoms with Crippen LogP contribution < -0.4 is 0 Å². The monoisotopic (exact) mass is 211 g/mol. The van der Waals surface area contributed by atoms with E-state index in [1.54, 1.807) is 6.07 Å². The zero-order valence-corrected chi connectivity index (χ0v) is 8.68. The molecule has 14 heavy (non-hydrogen) atoms. The van der Waals surface area contributed by atoms with Gasteiger partial charge in [-0.2, -0.15) is 5.26 Å². The van der Waals surface area contributed by atoms with E-state index in [-0.39, 0.29) is 11.7 Å². The maximum Gasteiger partial charge on any atom is 0.126 e. The molecule has 1 atom stereocenters. The van der Waals surface area contributed by atoms with Gasteiger partial charge >= 0.3 is 0 Å². The predicted molar refractivity (Wildman–Crippen MR) is 54.5 cm³/mol. The molecule has 0 aliphatic carbocycles. The van der Waals surface area contributed by atoms with E-state index in [9.17, 15) is 4.39 Å². The van der Waals surface area contributed by atoms with Crippen LogP contribution in [0, 0.1) is 23.1 Å². The molecule has 0 amide bonds. The Kier molecular flexibility index (Phi) is 3.91. The first-order valence-electron chi connectivity index (χ1n) is 4.51. The molecule has 1 nitrogen and oxygen atoms in total. The summed E-state index contributed by atoms with van der Waals surface area (Å²) >= 11 is 5.74. The summed E-state index contributed by atoms with van der Waals surface area (Å²) in [5.74, 6) is -0.425. The molecule has 0 N–H and O–H groups in total. The van der Waals surface area contributed by atoms with Gasteiger partial charge in [0.1, 0.15) is 5.82 Å². The summed E-state index contributed by atoms with van der Waals surface area (Å²) in [6.07, 6.45) is 1.15. The second kappa shape index (κ2) is 4.97. The van der Waals surface area contributed by atoms with E-state index in [0.29, 0.717) is 17.0 Å². The lowest BCUT2D eigenvalue weighted by atomic mass is 9.98. The summed E-state index contributed by atoms with van der Waals surface area (Å²) in [5, 5.41) is 9.25. The zero-order valence-electron chi connectivity index (χ0n) is 7.93. The Morgan fingerprint density at radius 2 is 2.29 bits per heavy atom. The molecule has 0 saturated carbocycles. The molecular formula is C11H11ClFN. The lowest BCUT2D eigenvalue weighted by molar-refractivity contribution is 0.574. The van der Waals surface area contributed by atoms with Gasteiger partial charge in [0.2, 0.25) is 0 Å². The highest BCUT2D eigenvalue weighted by Gasteiger charge is 2.10. The minimum Gasteiger partial charge on any atom is -0.207 e. The molecular weight excluding hydrogens is 201 g/mol. The van der Waals surface area contributed by atoms with Gasteiger partial charge in [-0.1, -0.05) is 18.5 Å². The molecule has 0 saturated heterocycles. The number of hydrogen-bond acceptors (Lipinski definition) is 1. The van der Waals surface area contributed by atoms with Crippen LogP contribution in [0.25, 0.3) is 0 Å². The minimum absolute atomic E-state index is 0.136. The quantitative estimate of drug-likeness (QED) is 0.750. The van der Waals surface area contributed by atoms with Crippen molar-refractivity contribution in [2.24, 2.45) is 5.92 Å². The Morgan fingerprint density at radius 3 is 2.86 bits per heavy atom. The Hall–Kier alpha value is -1.07. The van der Waals surface area contributed by atoms with Crippen LogP contribution in [-0.2, 0) is 6.42 Å². The normalized spacial score (nSPS) is 12.1. The largest absolute Gasteiger partial charge is 0.207 e. The van der Waals surface area contributed by atoms with Crippen molar-refractivity contribution < 1.29 is 4.39 Å². The Labute approximate surface area is 88.1 Å². The van der Waals surface area contributed by atoms with Gasteiger partial charge in [-0.3, -0.25) is 0 Å². The third-order valence-electron chi connectivity index (χ3n) is 2.15. The highest BCUT2D eigenvalue weighted by Crippen LogP contribution is 2.19. The van der Waals surface area contributed by atoms with Crippen molar-refractivity contribution in [2.75, 3.05) is 0 Å². The molecule has 1 unspecified atom stereocenters. The summed E-state index contributed by atoms with van der Waals surface area (Å²) in [4.78, 5) is 0. The fourth-order valence-electron chi connectivity index (χ4n) is 1.25. The first-order chi connectivity index (χ1) is 6.67. The first-order valence-corrected chi connectivity index (χ1v) is 4.88. The van der Waals surface area contributed by atoms with Crippen LogP contribution in [0.1, 0.15) is 18.9 Å². The van der Waals surface area contributed by atoms with Crippen LogP contribution in [0.5, 0.6) is 0 Å². The van der Waals surface area contributed by atoms with E-state index in [4.69, 9.17) is 16.9 Å². The summed E-state index contributed by atoms with van der Waals surface area (Å²) in [7, 11) is 0. The zero-order chi connectivity index (χ0) is 10.6. The van der Waals surface area contributed by atoms with Crippen molar-refractivity contribution in [2.45, 2.75) is 19.8 Å². The number of halogens is 2. The SMILES string of the molecule is CCC(C#N)Cc1cc(Cl)ccc1F. The van der Waals surface area contributed by atoms with Crippen molar-refractivity contribution in [3.63, 3.8) is 0 Å². The molecule has 1 rings (SSSR count). The third-order valence-corrected chi connectivity index (χ3v) is 2.38. The lowest BCUT2D eigenvalue weighted by Gasteiger charge is -2.07. The molecule has 74 valence electrons. The minimum atomic E-state index is -0.289. The van der Waals surface area contributed by atoms with Crippen molar-refractivity contribution >= 4 is 11.6 Å². The van der Waals surface area contributed by atoms with Crippen molar-refractivity contribution in [1.29, 1.82) is 5.26 Å². The summed E-state index contributed by atoms with van der Waals surface area (Å²) in [6.45, 7) is 1.91. The molecule has 3 heteroatoms. The fourth-order valence-corrected chi connectivity index (χ4v) is 1.44. The van der Waals surface area contributed by atoms with E-state index in [0.717, 1.165) is 6.42 Å². The molecule has 0 aliphatic heterocycles. The summed E-state index contributed by atoms with van der Waals surface area (Å²) in [5.41, 5.74) is 0.519. The standard InChI is InChI=1S/C11H11ClFN/c1-2-8(7-14)5-9-6-10(12)3-4-11(9)13/h3-4,6,8H,2,5H2,1H3. The van der Waals surface area contributed by atoms with Crippen LogP contribution in [0.2, 0.25) is 5.02 Å². The predicted octanol–water partition coefficient (Wildman–Crippen LogP) is 3.57. The van der Waals surface area contributed by atoms with Gasteiger partial charge in [0.05, 0.1) is 12.0 Å². The third kappa shape index (κ3) is 2.71. The van der Waals surface area contributed by atoms with Crippen LogP contribution in [0.4, 0.5) is 4.39 Å². The molecule has 0 spiro atoms. The van der Waals surface area contributed by atoms with Gasteiger partial charge in [-0.15, -0.1) is 0 Å². The topological polar surface area (TPSA) is 23.8 Å². The molecule has 1 aromatic carbocycles. The first kappa shape index (κ1) is 11.0. The van der Waals surface area contributed by atoms with Gasteiger partial charge < -0.3 is 0 Å². The van der Waals surface area contributed by atoms with E-state index in [2.05, 4.69) is 6.07 Å². The van der Waals surface area contributed by atoms with E-state index < -0.39 is 0 Å². The average molecular weight is 212 g/mol. The van der Waals surface area contributed by atoms with Crippen LogP contribution in [0.3, 0.4) is 0 Å². The van der Waals surface area contributed by atoms with Crippen molar-refractivity contribution in [3.05, 3.63) is 34.6 Å². The van der Waals surface area contributed by atoms with E-state index in [1.165, 1.54) is 12.1 Å². The second-order valence-corrected chi connectivity index (χ2v) is 3.61. The number of benzene rings is 1. The molecule has 1 aromatic rings. The molecule has 0 bridgehead atoms. The number of hydrogen-bond donors (Lipinski definition) is 0. The van der Waals surface area contributed by atoms with Crippen molar-refractivity contribution in [1.82, 2.24) is 0 Å². The molecule has 0 heterocycles. The highest BCUT2D eigenvalue weighted by atomic mass is 35.5. The fraction of sp³-hybridized carbons (Fsp3) is 0.364.